The molecular formula is C27H23N3O3. The van der Waals surface area contributed by atoms with Crippen LogP contribution in [0.2, 0.25) is 0 Å². The van der Waals surface area contributed by atoms with Crippen molar-refractivity contribution in [3.05, 3.63) is 102 Å². The van der Waals surface area contributed by atoms with Crippen molar-refractivity contribution in [3.63, 3.8) is 0 Å². The number of amides is 1. The number of nitrogens with zero attached hydrogens (tertiary/aromatic N) is 2. The van der Waals surface area contributed by atoms with Crippen LogP contribution >= 0.6 is 0 Å². The first kappa shape index (κ1) is 21.8. The number of hydrogen-bond acceptors (Lipinski definition) is 4. The Hall–Kier alpha value is -4.45. The van der Waals surface area contributed by atoms with Crippen LogP contribution in [0, 0.1) is 0 Å². The second kappa shape index (κ2) is 9.36. The fourth-order valence-corrected chi connectivity index (χ4v) is 3.52. The van der Waals surface area contributed by atoms with Gasteiger partial charge < -0.3 is 15.3 Å². The molecular weight excluding hydrogens is 414 g/mol. The number of anilines is 2. The average Bonchev–Trinajstić information content (AvgIpc) is 2.84. The average molecular weight is 437 g/mol. The van der Waals surface area contributed by atoms with E-state index in [1.807, 2.05) is 73.6 Å². The van der Waals surface area contributed by atoms with E-state index in [4.69, 9.17) is 0 Å². The molecule has 0 unspecified atom stereocenters. The maximum atomic E-state index is 13.0. The normalized spacial score (nSPS) is 10.5. The molecule has 1 aromatic heterocycles. The lowest BCUT2D eigenvalue weighted by Gasteiger charge is -2.15. The van der Waals surface area contributed by atoms with E-state index in [0.717, 1.165) is 27.9 Å². The Morgan fingerprint density at radius 3 is 2.24 bits per heavy atom. The molecule has 164 valence electrons. The summed E-state index contributed by atoms with van der Waals surface area (Å²) in [7, 11) is 3.91. The second-order valence-electron chi connectivity index (χ2n) is 7.79. The molecule has 0 aliphatic carbocycles. The highest BCUT2D eigenvalue weighted by Crippen LogP contribution is 2.29. The van der Waals surface area contributed by atoms with Gasteiger partial charge in [0.25, 0.3) is 5.91 Å². The molecule has 3 aromatic carbocycles. The molecule has 0 saturated heterocycles. The largest absolute Gasteiger partial charge is 0.478 e. The summed E-state index contributed by atoms with van der Waals surface area (Å²) in [6.45, 7) is 0. The fourth-order valence-electron chi connectivity index (χ4n) is 3.52. The standard InChI is InChI=1S/C27H23N3O3/c1-30(2)23-10-6-9-19(14-23)20-11-12-24(27(32)33)25(15-20)29-26(31)22-13-21(16-28-17-22)18-7-4-3-5-8-18/h3-17H,1-2H3,(H,29,31)(H,32,33). The second-order valence-corrected chi connectivity index (χ2v) is 7.79. The molecule has 6 heteroatoms. The summed E-state index contributed by atoms with van der Waals surface area (Å²) in [6, 6.07) is 24.2. The summed E-state index contributed by atoms with van der Waals surface area (Å²) in [5, 5.41) is 12.4. The number of pyridine rings is 1. The molecule has 4 rings (SSSR count). The van der Waals surface area contributed by atoms with Crippen molar-refractivity contribution in [1.82, 2.24) is 4.98 Å². The van der Waals surface area contributed by atoms with Gasteiger partial charge in [0.15, 0.2) is 0 Å². The van der Waals surface area contributed by atoms with Crippen LogP contribution in [0.5, 0.6) is 0 Å². The van der Waals surface area contributed by atoms with Gasteiger partial charge in [0.2, 0.25) is 0 Å². The first-order valence-corrected chi connectivity index (χ1v) is 10.4. The number of aromatic nitrogens is 1. The van der Waals surface area contributed by atoms with Crippen molar-refractivity contribution in [2.24, 2.45) is 0 Å². The molecule has 0 radical (unpaired) electrons. The SMILES string of the molecule is CN(C)c1cccc(-c2ccc(C(=O)O)c(NC(=O)c3cncc(-c4ccccc4)c3)c2)c1. The Bertz CT molecular complexity index is 1320. The number of carboxylic acid groups (broad SMARTS) is 1. The Morgan fingerprint density at radius 1 is 0.788 bits per heavy atom. The Labute approximate surface area is 192 Å². The Balaban J connectivity index is 1.67. The highest BCUT2D eigenvalue weighted by Gasteiger charge is 2.16. The van der Waals surface area contributed by atoms with Gasteiger partial charge in [-0.25, -0.2) is 4.79 Å². The maximum Gasteiger partial charge on any atom is 0.337 e. The first-order valence-electron chi connectivity index (χ1n) is 10.4. The van der Waals surface area contributed by atoms with Crippen LogP contribution in [0.25, 0.3) is 22.3 Å². The van der Waals surface area contributed by atoms with E-state index < -0.39 is 11.9 Å². The number of hydrogen-bond donors (Lipinski definition) is 2. The molecule has 0 fully saturated rings. The topological polar surface area (TPSA) is 82.5 Å². The minimum Gasteiger partial charge on any atom is -0.478 e. The van der Waals surface area contributed by atoms with Crippen LogP contribution in [-0.2, 0) is 0 Å². The number of nitrogens with one attached hydrogen (secondary N) is 1. The Morgan fingerprint density at radius 2 is 1.52 bits per heavy atom. The number of benzene rings is 3. The molecule has 0 bridgehead atoms. The van der Waals surface area contributed by atoms with Crippen molar-refractivity contribution < 1.29 is 14.7 Å². The summed E-state index contributed by atoms with van der Waals surface area (Å²) < 4.78 is 0. The summed E-state index contributed by atoms with van der Waals surface area (Å²) in [4.78, 5) is 31.0. The number of carboxylic acids is 1. The third-order valence-corrected chi connectivity index (χ3v) is 5.30. The lowest BCUT2D eigenvalue weighted by atomic mass is 10.0. The summed E-state index contributed by atoms with van der Waals surface area (Å²) in [5.41, 5.74) is 5.06. The van der Waals surface area contributed by atoms with Crippen LogP contribution in [0.3, 0.4) is 0 Å². The van der Waals surface area contributed by atoms with E-state index >= 15 is 0 Å². The number of aromatic carboxylic acids is 1. The van der Waals surface area contributed by atoms with Crippen molar-refractivity contribution in [2.75, 3.05) is 24.3 Å². The fraction of sp³-hybridized carbons (Fsp3) is 0.0741. The van der Waals surface area contributed by atoms with Crippen LogP contribution < -0.4 is 10.2 Å². The summed E-state index contributed by atoms with van der Waals surface area (Å²) in [6.07, 6.45) is 3.15. The molecule has 0 aliphatic rings. The highest BCUT2D eigenvalue weighted by atomic mass is 16.4. The smallest absolute Gasteiger partial charge is 0.337 e. The van der Waals surface area contributed by atoms with Crippen molar-refractivity contribution >= 4 is 23.3 Å². The van der Waals surface area contributed by atoms with Gasteiger partial charge in [0, 0.05) is 37.7 Å². The van der Waals surface area contributed by atoms with Crippen LogP contribution in [0.4, 0.5) is 11.4 Å². The zero-order valence-electron chi connectivity index (χ0n) is 18.3. The van der Waals surface area contributed by atoms with Gasteiger partial charge in [0.1, 0.15) is 0 Å². The van der Waals surface area contributed by atoms with E-state index in [1.165, 1.54) is 12.3 Å². The molecule has 0 saturated carbocycles. The van der Waals surface area contributed by atoms with E-state index in [0.29, 0.717) is 5.56 Å². The first-order chi connectivity index (χ1) is 15.9. The molecule has 1 heterocycles. The molecule has 0 aliphatic heterocycles. The third kappa shape index (κ3) is 4.91. The predicted octanol–water partition coefficient (Wildman–Crippen LogP) is 5.43. The van der Waals surface area contributed by atoms with Gasteiger partial charge in [-0.05, 0) is 47.0 Å². The number of carbonyl (C=O) groups is 2. The molecule has 6 nitrogen and oxygen atoms in total. The quantitative estimate of drug-likeness (QED) is 0.420. The molecule has 33 heavy (non-hydrogen) atoms. The molecule has 1 amide bonds. The van der Waals surface area contributed by atoms with Gasteiger partial charge >= 0.3 is 5.97 Å². The lowest BCUT2D eigenvalue weighted by Crippen LogP contribution is -2.15. The zero-order chi connectivity index (χ0) is 23.4. The number of carbonyl (C=O) groups excluding carboxylic acids is 1. The number of rotatable bonds is 6. The molecule has 0 atom stereocenters. The molecule has 0 spiro atoms. The lowest BCUT2D eigenvalue weighted by molar-refractivity contribution is 0.0698. The minimum absolute atomic E-state index is 0.0167. The minimum atomic E-state index is -1.12. The van der Waals surface area contributed by atoms with Gasteiger partial charge in [-0.1, -0.05) is 48.5 Å². The predicted molar refractivity (Wildman–Crippen MR) is 131 cm³/mol. The van der Waals surface area contributed by atoms with Gasteiger partial charge in [-0.15, -0.1) is 0 Å². The molecule has 4 aromatic rings. The molecule has 2 N–H and O–H groups in total. The van der Waals surface area contributed by atoms with Crippen LogP contribution in [0.15, 0.2) is 91.3 Å². The summed E-state index contributed by atoms with van der Waals surface area (Å²) in [5.74, 6) is -1.54. The Kier molecular flexibility index (Phi) is 6.17. The van der Waals surface area contributed by atoms with E-state index in [1.54, 1.807) is 24.4 Å². The van der Waals surface area contributed by atoms with Crippen LogP contribution in [-0.4, -0.2) is 36.1 Å². The van der Waals surface area contributed by atoms with Gasteiger partial charge in [0.05, 0.1) is 16.8 Å². The van der Waals surface area contributed by atoms with E-state index in [-0.39, 0.29) is 11.3 Å². The van der Waals surface area contributed by atoms with E-state index in [2.05, 4.69) is 10.3 Å². The van der Waals surface area contributed by atoms with Gasteiger partial charge in [-0.2, -0.15) is 0 Å². The van der Waals surface area contributed by atoms with Crippen molar-refractivity contribution in [2.45, 2.75) is 0 Å². The van der Waals surface area contributed by atoms with Crippen molar-refractivity contribution in [1.29, 1.82) is 0 Å². The highest BCUT2D eigenvalue weighted by molar-refractivity contribution is 6.08. The summed E-state index contributed by atoms with van der Waals surface area (Å²) >= 11 is 0. The monoisotopic (exact) mass is 437 g/mol. The third-order valence-electron chi connectivity index (χ3n) is 5.30. The van der Waals surface area contributed by atoms with Crippen LogP contribution in [0.1, 0.15) is 20.7 Å². The zero-order valence-corrected chi connectivity index (χ0v) is 18.3. The maximum absolute atomic E-state index is 13.0. The van der Waals surface area contributed by atoms with Crippen molar-refractivity contribution in [3.8, 4) is 22.3 Å². The van der Waals surface area contributed by atoms with E-state index in [9.17, 15) is 14.7 Å². The van der Waals surface area contributed by atoms with Gasteiger partial charge in [-0.3, -0.25) is 9.78 Å².